The summed E-state index contributed by atoms with van der Waals surface area (Å²) < 4.78 is 6.21. The summed E-state index contributed by atoms with van der Waals surface area (Å²) in [7, 11) is 0. The van der Waals surface area contributed by atoms with Crippen molar-refractivity contribution in [2.45, 2.75) is 58.6 Å². The third-order valence-electron chi connectivity index (χ3n) is 4.82. The summed E-state index contributed by atoms with van der Waals surface area (Å²) >= 11 is 6.03. The van der Waals surface area contributed by atoms with E-state index in [1.54, 1.807) is 0 Å². The fraction of sp³-hybridized carbons (Fsp3) is 0.647. The van der Waals surface area contributed by atoms with Gasteiger partial charge in [-0.25, -0.2) is 0 Å². The maximum absolute atomic E-state index is 6.21. The highest BCUT2D eigenvalue weighted by atomic mass is 35.5. The molecule has 0 aromatic heterocycles. The van der Waals surface area contributed by atoms with Crippen molar-refractivity contribution >= 4 is 11.6 Å². The Balaban J connectivity index is 2.05. The molecule has 2 unspecified atom stereocenters. The van der Waals surface area contributed by atoms with Gasteiger partial charge in [0.05, 0.1) is 0 Å². The molecule has 0 saturated heterocycles. The van der Waals surface area contributed by atoms with Crippen molar-refractivity contribution in [3.8, 4) is 5.75 Å². The molecule has 2 nitrogen and oxygen atoms in total. The van der Waals surface area contributed by atoms with Crippen molar-refractivity contribution in [3.63, 3.8) is 0 Å². The maximum atomic E-state index is 6.21. The zero-order valence-corrected chi connectivity index (χ0v) is 13.5. The molecule has 3 heteroatoms. The van der Waals surface area contributed by atoms with Crippen molar-refractivity contribution in [2.24, 2.45) is 5.41 Å². The van der Waals surface area contributed by atoms with E-state index in [1.165, 1.54) is 6.42 Å². The summed E-state index contributed by atoms with van der Waals surface area (Å²) in [6.45, 7) is 7.86. The Hall–Kier alpha value is -0.730. The van der Waals surface area contributed by atoms with Gasteiger partial charge < -0.3 is 10.1 Å². The molecule has 1 aliphatic rings. The summed E-state index contributed by atoms with van der Waals surface area (Å²) in [5.74, 6) is 0.891. The molecule has 0 aliphatic heterocycles. The van der Waals surface area contributed by atoms with Crippen molar-refractivity contribution in [3.05, 3.63) is 29.3 Å². The minimum atomic E-state index is 0.261. The lowest BCUT2D eigenvalue weighted by atomic mass is 9.58. The van der Waals surface area contributed by atoms with E-state index in [0.717, 1.165) is 36.6 Å². The molecule has 20 heavy (non-hydrogen) atoms. The van der Waals surface area contributed by atoms with E-state index in [4.69, 9.17) is 16.3 Å². The highest BCUT2D eigenvalue weighted by Crippen LogP contribution is 2.49. The first-order valence-corrected chi connectivity index (χ1v) is 8.19. The van der Waals surface area contributed by atoms with Gasteiger partial charge in [0, 0.05) is 22.9 Å². The fourth-order valence-corrected chi connectivity index (χ4v) is 3.60. The summed E-state index contributed by atoms with van der Waals surface area (Å²) in [5.41, 5.74) is 0.261. The second-order valence-corrected chi connectivity index (χ2v) is 6.18. The first-order valence-electron chi connectivity index (χ1n) is 7.81. The van der Waals surface area contributed by atoms with Crippen LogP contribution in [-0.4, -0.2) is 18.7 Å². The zero-order chi connectivity index (χ0) is 14.6. The van der Waals surface area contributed by atoms with Gasteiger partial charge in [0.25, 0.3) is 0 Å². The molecule has 0 bridgehead atoms. The molecule has 2 rings (SSSR count). The van der Waals surface area contributed by atoms with E-state index in [1.807, 2.05) is 24.3 Å². The third kappa shape index (κ3) is 2.96. The predicted octanol–water partition coefficient (Wildman–Crippen LogP) is 4.67. The quantitative estimate of drug-likeness (QED) is 0.789. The average Bonchev–Trinajstić information content (AvgIpc) is 2.43. The second-order valence-electron chi connectivity index (χ2n) is 5.75. The van der Waals surface area contributed by atoms with E-state index in [0.29, 0.717) is 12.1 Å². The Morgan fingerprint density at radius 2 is 2.05 bits per heavy atom. The molecule has 0 radical (unpaired) electrons. The van der Waals surface area contributed by atoms with Gasteiger partial charge in [-0.15, -0.1) is 0 Å². The van der Waals surface area contributed by atoms with Crippen molar-refractivity contribution in [1.29, 1.82) is 0 Å². The normalized spacial score (nSPS) is 24.2. The lowest BCUT2D eigenvalue weighted by Crippen LogP contribution is -2.64. The van der Waals surface area contributed by atoms with Gasteiger partial charge in [0.1, 0.15) is 11.9 Å². The molecule has 2 atom stereocenters. The highest BCUT2D eigenvalue weighted by Gasteiger charge is 2.53. The predicted molar refractivity (Wildman–Crippen MR) is 85.6 cm³/mol. The molecular formula is C17H26ClNO. The Labute approximate surface area is 127 Å². The molecule has 1 aromatic carbocycles. The van der Waals surface area contributed by atoms with Gasteiger partial charge in [-0.05, 0) is 44.0 Å². The summed E-state index contributed by atoms with van der Waals surface area (Å²) in [4.78, 5) is 0. The van der Waals surface area contributed by atoms with Crippen LogP contribution >= 0.6 is 11.6 Å². The number of rotatable bonds is 7. The lowest BCUT2D eigenvalue weighted by Gasteiger charge is -2.55. The molecule has 1 aliphatic carbocycles. The SMILES string of the molecule is CCCNC1CC(Oc2cccc(Cl)c2)C1(CC)CC. The van der Waals surface area contributed by atoms with Gasteiger partial charge >= 0.3 is 0 Å². The van der Waals surface area contributed by atoms with Gasteiger partial charge in [-0.3, -0.25) is 0 Å². The minimum Gasteiger partial charge on any atom is -0.490 e. The molecule has 1 saturated carbocycles. The molecule has 1 fully saturated rings. The topological polar surface area (TPSA) is 21.3 Å². The van der Waals surface area contributed by atoms with Crippen LogP contribution in [0.25, 0.3) is 0 Å². The summed E-state index contributed by atoms with van der Waals surface area (Å²) in [6.07, 6.45) is 4.87. The van der Waals surface area contributed by atoms with Crippen LogP contribution < -0.4 is 10.1 Å². The van der Waals surface area contributed by atoms with Crippen LogP contribution in [0.1, 0.15) is 46.5 Å². The van der Waals surface area contributed by atoms with Crippen LogP contribution in [0.15, 0.2) is 24.3 Å². The van der Waals surface area contributed by atoms with E-state index >= 15 is 0 Å². The Morgan fingerprint density at radius 1 is 1.30 bits per heavy atom. The largest absolute Gasteiger partial charge is 0.490 e. The van der Waals surface area contributed by atoms with Crippen molar-refractivity contribution < 1.29 is 4.74 Å². The molecule has 1 aromatic rings. The zero-order valence-electron chi connectivity index (χ0n) is 12.8. The number of halogens is 1. The lowest BCUT2D eigenvalue weighted by molar-refractivity contribution is -0.0858. The van der Waals surface area contributed by atoms with Gasteiger partial charge in [0.15, 0.2) is 0 Å². The van der Waals surface area contributed by atoms with Crippen LogP contribution in [0.4, 0.5) is 0 Å². The number of nitrogens with one attached hydrogen (secondary N) is 1. The maximum Gasteiger partial charge on any atom is 0.121 e. The van der Waals surface area contributed by atoms with E-state index < -0.39 is 0 Å². The van der Waals surface area contributed by atoms with Crippen molar-refractivity contribution in [2.75, 3.05) is 6.54 Å². The number of hydrogen-bond acceptors (Lipinski definition) is 2. The molecule has 0 amide bonds. The third-order valence-corrected chi connectivity index (χ3v) is 5.05. The molecular weight excluding hydrogens is 270 g/mol. The van der Waals surface area contributed by atoms with E-state index in [-0.39, 0.29) is 5.41 Å². The highest BCUT2D eigenvalue weighted by molar-refractivity contribution is 6.30. The molecule has 0 heterocycles. The number of benzene rings is 1. The van der Waals surface area contributed by atoms with Crippen LogP contribution in [0, 0.1) is 5.41 Å². The second kappa shape index (κ2) is 6.82. The number of ether oxygens (including phenoxy) is 1. The first kappa shape index (κ1) is 15.7. The first-order chi connectivity index (χ1) is 9.66. The van der Waals surface area contributed by atoms with Crippen molar-refractivity contribution in [1.82, 2.24) is 5.32 Å². The smallest absolute Gasteiger partial charge is 0.121 e. The van der Waals surface area contributed by atoms with Crippen LogP contribution in [-0.2, 0) is 0 Å². The summed E-state index contributed by atoms with van der Waals surface area (Å²) in [5, 5.41) is 4.42. The van der Waals surface area contributed by atoms with Gasteiger partial charge in [0.2, 0.25) is 0 Å². The molecule has 1 N–H and O–H groups in total. The minimum absolute atomic E-state index is 0.261. The Bertz CT molecular complexity index is 431. The van der Waals surface area contributed by atoms with Gasteiger partial charge in [-0.2, -0.15) is 0 Å². The van der Waals surface area contributed by atoms with Crippen LogP contribution in [0.2, 0.25) is 5.02 Å². The molecule has 0 spiro atoms. The Morgan fingerprint density at radius 3 is 2.65 bits per heavy atom. The fourth-order valence-electron chi connectivity index (χ4n) is 3.42. The van der Waals surface area contributed by atoms with E-state index in [2.05, 4.69) is 26.1 Å². The average molecular weight is 296 g/mol. The van der Waals surface area contributed by atoms with E-state index in [9.17, 15) is 0 Å². The van der Waals surface area contributed by atoms with Crippen LogP contribution in [0.5, 0.6) is 5.75 Å². The molecule has 112 valence electrons. The van der Waals surface area contributed by atoms with Crippen LogP contribution in [0.3, 0.4) is 0 Å². The summed E-state index contributed by atoms with van der Waals surface area (Å²) in [6, 6.07) is 8.32. The Kier molecular flexibility index (Phi) is 5.34. The van der Waals surface area contributed by atoms with Gasteiger partial charge in [-0.1, -0.05) is 38.4 Å². The number of hydrogen-bond donors (Lipinski definition) is 1. The monoisotopic (exact) mass is 295 g/mol. The standard InChI is InChI=1S/C17H26ClNO/c1-4-10-19-15-12-16(17(15,5-2)6-3)20-14-9-7-8-13(18)11-14/h7-9,11,15-16,19H,4-6,10,12H2,1-3H3.